The van der Waals surface area contributed by atoms with Crippen LogP contribution in [0.1, 0.15) is 43.0 Å². The second kappa shape index (κ2) is 12.7. The fourth-order valence-corrected chi connectivity index (χ4v) is 8.55. The normalized spacial score (nSPS) is 18.7. The Bertz CT molecular complexity index is 1520. The first-order chi connectivity index (χ1) is 20.9. The van der Waals surface area contributed by atoms with Gasteiger partial charge in [-0.3, -0.25) is 4.90 Å². The van der Waals surface area contributed by atoms with Crippen molar-refractivity contribution in [3.63, 3.8) is 0 Å². The van der Waals surface area contributed by atoms with Gasteiger partial charge in [-0.15, -0.1) is 0 Å². The van der Waals surface area contributed by atoms with Gasteiger partial charge in [-0.25, -0.2) is 8.42 Å². The van der Waals surface area contributed by atoms with Gasteiger partial charge in [0.05, 0.1) is 29.8 Å². The fraction of sp³-hybridized carbons (Fsp3) is 0.351. The zero-order valence-corrected chi connectivity index (χ0v) is 28.6. The fourth-order valence-electron chi connectivity index (χ4n) is 5.85. The van der Waals surface area contributed by atoms with Crippen LogP contribution in [0, 0.1) is 6.92 Å². The van der Waals surface area contributed by atoms with Gasteiger partial charge in [0.2, 0.25) is 0 Å². The van der Waals surface area contributed by atoms with Crippen molar-refractivity contribution in [3.05, 3.63) is 138 Å². The summed E-state index contributed by atoms with van der Waals surface area (Å²) in [4.78, 5) is 2.46. The highest BCUT2D eigenvalue weighted by Crippen LogP contribution is 2.46. The van der Waals surface area contributed by atoms with E-state index in [1.54, 1.807) is 12.1 Å². The van der Waals surface area contributed by atoms with Crippen molar-refractivity contribution in [1.82, 2.24) is 4.90 Å². The Morgan fingerprint density at radius 1 is 0.773 bits per heavy atom. The minimum Gasteiger partial charge on any atom is -0.414 e. The van der Waals surface area contributed by atoms with Crippen LogP contribution in [0.3, 0.4) is 0 Å². The number of nitrogens with zero attached hydrogens (tertiary/aromatic N) is 1. The standard InChI is InChI=1S/C37H45NO4SSi/c1-29-22-24-34(25-23-29)43(39,40)35-28-41-33(27-42-44(5,6)36(2,3)4)26-38(35)37(30-16-10-7-11-17-30,31-18-12-8-13-19-31)32-20-14-9-15-21-32/h7-25,33,35H,26-28H2,1-6H3. The summed E-state index contributed by atoms with van der Waals surface area (Å²) in [7, 11) is -5.93. The molecule has 0 aromatic heterocycles. The van der Waals surface area contributed by atoms with Gasteiger partial charge in [0.15, 0.2) is 18.2 Å². The molecule has 7 heteroatoms. The third kappa shape index (κ3) is 6.21. The first-order valence-corrected chi connectivity index (χ1v) is 19.8. The first kappa shape index (κ1) is 32.3. The molecule has 232 valence electrons. The first-order valence-electron chi connectivity index (χ1n) is 15.4. The number of aryl methyl sites for hydroxylation is 1. The van der Waals surface area contributed by atoms with Crippen molar-refractivity contribution in [2.24, 2.45) is 0 Å². The Morgan fingerprint density at radius 3 is 1.66 bits per heavy atom. The Labute approximate surface area is 264 Å². The van der Waals surface area contributed by atoms with Gasteiger partial charge < -0.3 is 9.16 Å². The number of benzene rings is 4. The molecule has 0 saturated carbocycles. The van der Waals surface area contributed by atoms with Gasteiger partial charge in [0.1, 0.15) is 5.37 Å². The molecule has 0 amide bonds. The number of ether oxygens (including phenoxy) is 1. The summed E-state index contributed by atoms with van der Waals surface area (Å²) < 4.78 is 42.4. The van der Waals surface area contributed by atoms with E-state index in [0.29, 0.717) is 18.0 Å². The maximum absolute atomic E-state index is 14.7. The summed E-state index contributed by atoms with van der Waals surface area (Å²) in [6.45, 7) is 13.9. The molecule has 1 heterocycles. The molecule has 0 N–H and O–H groups in total. The SMILES string of the molecule is Cc1ccc(S(=O)(=O)C2COC(CO[Si](C)(C)C(C)(C)C)CN2C(c2ccccc2)(c2ccccc2)c2ccccc2)cc1. The minimum atomic E-state index is -3.86. The smallest absolute Gasteiger partial charge is 0.196 e. The van der Waals surface area contributed by atoms with E-state index in [0.717, 1.165) is 22.3 Å². The van der Waals surface area contributed by atoms with Crippen LogP contribution in [0.2, 0.25) is 18.1 Å². The van der Waals surface area contributed by atoms with E-state index in [9.17, 15) is 8.42 Å². The van der Waals surface area contributed by atoms with Gasteiger partial charge in [0, 0.05) is 6.54 Å². The topological polar surface area (TPSA) is 55.8 Å². The molecule has 1 saturated heterocycles. The van der Waals surface area contributed by atoms with Crippen LogP contribution in [-0.4, -0.2) is 52.9 Å². The maximum atomic E-state index is 14.7. The summed E-state index contributed by atoms with van der Waals surface area (Å²) in [5.74, 6) is 0. The highest BCUT2D eigenvalue weighted by molar-refractivity contribution is 7.92. The lowest BCUT2D eigenvalue weighted by Crippen LogP contribution is -2.63. The van der Waals surface area contributed by atoms with Crippen molar-refractivity contribution in [3.8, 4) is 0 Å². The van der Waals surface area contributed by atoms with Crippen LogP contribution in [0.15, 0.2) is 120 Å². The quantitative estimate of drug-likeness (QED) is 0.140. The molecule has 0 bridgehead atoms. The molecule has 0 aliphatic carbocycles. The average Bonchev–Trinajstić information content (AvgIpc) is 3.02. The second-order valence-corrected chi connectivity index (χ2v) is 20.2. The van der Waals surface area contributed by atoms with Crippen molar-refractivity contribution in [1.29, 1.82) is 0 Å². The van der Waals surface area contributed by atoms with Crippen molar-refractivity contribution in [2.45, 2.75) is 67.7 Å². The molecule has 1 aliphatic rings. The Hall–Kier alpha value is -3.07. The molecule has 4 aromatic carbocycles. The second-order valence-electron chi connectivity index (χ2n) is 13.3. The number of hydrogen-bond acceptors (Lipinski definition) is 5. The van der Waals surface area contributed by atoms with Gasteiger partial charge in [-0.05, 0) is 53.9 Å². The van der Waals surface area contributed by atoms with Gasteiger partial charge in [-0.1, -0.05) is 129 Å². The number of rotatable bonds is 9. The van der Waals surface area contributed by atoms with Gasteiger partial charge >= 0.3 is 0 Å². The van der Waals surface area contributed by atoms with E-state index in [4.69, 9.17) is 9.16 Å². The summed E-state index contributed by atoms with van der Waals surface area (Å²) in [5.41, 5.74) is 3.06. The number of hydrogen-bond donors (Lipinski definition) is 0. The summed E-state index contributed by atoms with van der Waals surface area (Å²) in [6.07, 6.45) is -0.316. The minimum absolute atomic E-state index is 0.0238. The number of morpholine rings is 1. The van der Waals surface area contributed by atoms with E-state index in [2.05, 4.69) is 75.2 Å². The zero-order chi connectivity index (χ0) is 31.6. The lowest BCUT2D eigenvalue weighted by molar-refractivity contribution is -0.0830. The molecule has 2 atom stereocenters. The maximum Gasteiger partial charge on any atom is 0.196 e. The highest BCUT2D eigenvalue weighted by Gasteiger charge is 2.52. The third-order valence-corrected chi connectivity index (χ3v) is 15.9. The number of sulfone groups is 1. The van der Waals surface area contributed by atoms with E-state index in [1.807, 2.05) is 73.7 Å². The molecule has 0 spiro atoms. The average molecular weight is 628 g/mol. The molecule has 0 radical (unpaired) electrons. The van der Waals surface area contributed by atoms with Crippen LogP contribution in [0.4, 0.5) is 0 Å². The molecule has 2 unspecified atom stereocenters. The summed E-state index contributed by atoms with van der Waals surface area (Å²) in [6, 6.07) is 37.9. The van der Waals surface area contributed by atoms with E-state index in [1.165, 1.54) is 0 Å². The van der Waals surface area contributed by atoms with Gasteiger partial charge in [-0.2, -0.15) is 0 Å². The predicted octanol–water partition coefficient (Wildman–Crippen LogP) is 7.81. The van der Waals surface area contributed by atoms with Crippen LogP contribution in [-0.2, 0) is 24.5 Å². The Balaban J connectivity index is 1.73. The van der Waals surface area contributed by atoms with Crippen molar-refractivity contribution in [2.75, 3.05) is 19.8 Å². The molecular weight excluding hydrogens is 583 g/mol. The van der Waals surface area contributed by atoms with Crippen molar-refractivity contribution >= 4 is 18.2 Å². The molecule has 5 rings (SSSR count). The zero-order valence-electron chi connectivity index (χ0n) is 26.7. The molecule has 44 heavy (non-hydrogen) atoms. The predicted molar refractivity (Wildman–Crippen MR) is 181 cm³/mol. The van der Waals surface area contributed by atoms with Crippen LogP contribution >= 0.6 is 0 Å². The van der Waals surface area contributed by atoms with Crippen LogP contribution < -0.4 is 0 Å². The Morgan fingerprint density at radius 2 is 1.23 bits per heavy atom. The summed E-state index contributed by atoms with van der Waals surface area (Å²) >= 11 is 0. The lowest BCUT2D eigenvalue weighted by Gasteiger charge is -2.52. The Kier molecular flexibility index (Phi) is 9.36. The largest absolute Gasteiger partial charge is 0.414 e. The molecule has 4 aromatic rings. The summed E-state index contributed by atoms with van der Waals surface area (Å²) in [5, 5.41) is -0.907. The lowest BCUT2D eigenvalue weighted by atomic mass is 9.75. The highest BCUT2D eigenvalue weighted by atomic mass is 32.2. The van der Waals surface area contributed by atoms with Crippen LogP contribution in [0.25, 0.3) is 0 Å². The molecule has 5 nitrogen and oxygen atoms in total. The van der Waals surface area contributed by atoms with Crippen molar-refractivity contribution < 1.29 is 17.6 Å². The van der Waals surface area contributed by atoms with Crippen LogP contribution in [0.5, 0.6) is 0 Å². The van der Waals surface area contributed by atoms with Gasteiger partial charge in [0.25, 0.3) is 0 Å². The molecule has 1 aliphatic heterocycles. The third-order valence-electron chi connectivity index (χ3n) is 9.37. The monoisotopic (exact) mass is 627 g/mol. The van der Waals surface area contributed by atoms with E-state index < -0.39 is 29.1 Å². The molecular formula is C37H45NO4SSi. The van der Waals surface area contributed by atoms with E-state index >= 15 is 0 Å². The molecule has 1 fully saturated rings. The van der Waals surface area contributed by atoms with E-state index in [-0.39, 0.29) is 17.7 Å².